The summed E-state index contributed by atoms with van der Waals surface area (Å²) in [6.07, 6.45) is 0. The van der Waals surface area contributed by atoms with Gasteiger partial charge in [-0.25, -0.2) is 9.67 Å². The molecule has 0 saturated heterocycles. The molecule has 0 amide bonds. The van der Waals surface area contributed by atoms with E-state index in [-0.39, 0.29) is 0 Å². The molecule has 2 heterocycles. The molecule has 0 aliphatic carbocycles. The largest absolute Gasteiger partial charge is 0.308 e. The summed E-state index contributed by atoms with van der Waals surface area (Å²) >= 11 is 5.84. The zero-order valence-corrected chi connectivity index (χ0v) is 9.41. The van der Waals surface area contributed by atoms with Crippen LogP contribution in [0.1, 0.15) is 5.82 Å². The molecule has 0 unspecified atom stereocenters. The first-order valence-corrected chi connectivity index (χ1v) is 5.61. The fourth-order valence-corrected chi connectivity index (χ4v) is 1.92. The van der Waals surface area contributed by atoms with Gasteiger partial charge in [0.2, 0.25) is 0 Å². The van der Waals surface area contributed by atoms with Crippen molar-refractivity contribution in [3.05, 3.63) is 35.1 Å². The molecular weight excluding hydrogens is 224 g/mol. The Morgan fingerprint density at radius 3 is 2.81 bits per heavy atom. The Kier molecular flexibility index (Phi) is 2.38. The number of nitrogens with one attached hydrogen (secondary N) is 1. The summed E-state index contributed by atoms with van der Waals surface area (Å²) in [5, 5.41) is 8.47. The monoisotopic (exact) mass is 234 g/mol. The molecule has 0 saturated carbocycles. The minimum atomic E-state index is 0.731. The van der Waals surface area contributed by atoms with Crippen molar-refractivity contribution in [2.45, 2.75) is 13.1 Å². The summed E-state index contributed by atoms with van der Waals surface area (Å²) in [4.78, 5) is 4.50. The smallest absolute Gasteiger partial charge is 0.181 e. The second kappa shape index (κ2) is 3.88. The summed E-state index contributed by atoms with van der Waals surface area (Å²) in [5.41, 5.74) is 1.01. The van der Waals surface area contributed by atoms with Gasteiger partial charge in [-0.05, 0) is 24.3 Å². The second-order valence-electron chi connectivity index (χ2n) is 3.76. The summed E-state index contributed by atoms with van der Waals surface area (Å²) in [6, 6.07) is 7.60. The highest BCUT2D eigenvalue weighted by Crippen LogP contribution is 2.19. The minimum absolute atomic E-state index is 0.731. The Labute approximate surface area is 98.3 Å². The number of benzene rings is 1. The average molecular weight is 235 g/mol. The number of hydrogen-bond acceptors (Lipinski definition) is 3. The van der Waals surface area contributed by atoms with Crippen molar-refractivity contribution in [2.24, 2.45) is 0 Å². The maximum absolute atomic E-state index is 5.84. The molecule has 0 spiro atoms. The molecule has 5 heteroatoms. The van der Waals surface area contributed by atoms with Gasteiger partial charge in [0.25, 0.3) is 0 Å². The van der Waals surface area contributed by atoms with Gasteiger partial charge in [0.15, 0.2) is 5.82 Å². The van der Waals surface area contributed by atoms with E-state index in [0.717, 1.165) is 41.9 Å². The van der Waals surface area contributed by atoms with E-state index in [1.807, 2.05) is 28.9 Å². The fraction of sp³-hybridized carbons (Fsp3) is 0.273. The summed E-state index contributed by atoms with van der Waals surface area (Å²) in [6.45, 7) is 2.63. The Balaban J connectivity index is 2.00. The van der Waals surface area contributed by atoms with Crippen LogP contribution in [0, 0.1) is 0 Å². The van der Waals surface area contributed by atoms with Gasteiger partial charge in [-0.2, -0.15) is 5.10 Å². The molecule has 82 valence electrons. The zero-order chi connectivity index (χ0) is 11.0. The Bertz CT molecular complexity index is 480. The standard InChI is InChI=1S/C11H11ClN4/c12-9-3-1-8(2-4-9)11-14-10-7-13-5-6-16(10)15-11/h1-4,13H,5-7H2. The number of aromatic nitrogens is 3. The SMILES string of the molecule is Clc1ccc(-c2nc3n(n2)CCNC3)cc1. The quantitative estimate of drug-likeness (QED) is 0.817. The van der Waals surface area contributed by atoms with E-state index in [4.69, 9.17) is 11.6 Å². The van der Waals surface area contributed by atoms with Gasteiger partial charge in [0, 0.05) is 17.1 Å². The van der Waals surface area contributed by atoms with Crippen LogP contribution in [-0.2, 0) is 13.1 Å². The van der Waals surface area contributed by atoms with Crippen LogP contribution in [0.3, 0.4) is 0 Å². The van der Waals surface area contributed by atoms with Crippen molar-refractivity contribution >= 4 is 11.6 Å². The highest BCUT2D eigenvalue weighted by atomic mass is 35.5. The van der Waals surface area contributed by atoms with Crippen molar-refractivity contribution in [3.8, 4) is 11.4 Å². The number of nitrogens with zero attached hydrogens (tertiary/aromatic N) is 3. The van der Waals surface area contributed by atoms with Crippen LogP contribution in [0.4, 0.5) is 0 Å². The van der Waals surface area contributed by atoms with Crippen LogP contribution in [0.5, 0.6) is 0 Å². The van der Waals surface area contributed by atoms with Gasteiger partial charge in [0.05, 0.1) is 13.1 Å². The summed E-state index contributed by atoms with van der Waals surface area (Å²) < 4.78 is 1.96. The highest BCUT2D eigenvalue weighted by Gasteiger charge is 2.14. The third-order valence-electron chi connectivity index (χ3n) is 2.63. The Morgan fingerprint density at radius 1 is 1.25 bits per heavy atom. The van der Waals surface area contributed by atoms with Gasteiger partial charge in [-0.15, -0.1) is 0 Å². The molecule has 1 aromatic carbocycles. The van der Waals surface area contributed by atoms with Gasteiger partial charge in [-0.1, -0.05) is 11.6 Å². The summed E-state index contributed by atoms with van der Waals surface area (Å²) in [5.74, 6) is 1.77. The fourth-order valence-electron chi connectivity index (χ4n) is 1.79. The third-order valence-corrected chi connectivity index (χ3v) is 2.89. The molecule has 1 aromatic heterocycles. The number of hydrogen-bond donors (Lipinski definition) is 1. The Hall–Kier alpha value is -1.39. The van der Waals surface area contributed by atoms with Crippen molar-refractivity contribution in [1.82, 2.24) is 20.1 Å². The van der Waals surface area contributed by atoms with Gasteiger partial charge in [-0.3, -0.25) is 0 Å². The second-order valence-corrected chi connectivity index (χ2v) is 4.19. The molecule has 0 bridgehead atoms. The van der Waals surface area contributed by atoms with E-state index in [0.29, 0.717) is 0 Å². The molecule has 2 aromatic rings. The lowest BCUT2D eigenvalue weighted by atomic mass is 10.2. The first kappa shape index (κ1) is 9.81. The van der Waals surface area contributed by atoms with Crippen LogP contribution in [-0.4, -0.2) is 21.3 Å². The average Bonchev–Trinajstić information content (AvgIpc) is 2.73. The normalized spacial score (nSPS) is 14.8. The molecule has 0 atom stereocenters. The lowest BCUT2D eigenvalue weighted by Crippen LogP contribution is -2.28. The van der Waals surface area contributed by atoms with Crippen LogP contribution >= 0.6 is 11.6 Å². The van der Waals surface area contributed by atoms with Crippen molar-refractivity contribution in [3.63, 3.8) is 0 Å². The van der Waals surface area contributed by atoms with Crippen LogP contribution in [0.25, 0.3) is 11.4 Å². The van der Waals surface area contributed by atoms with Gasteiger partial charge >= 0.3 is 0 Å². The van der Waals surface area contributed by atoms with E-state index in [2.05, 4.69) is 15.4 Å². The number of rotatable bonds is 1. The third kappa shape index (κ3) is 1.70. The van der Waals surface area contributed by atoms with Crippen molar-refractivity contribution in [1.29, 1.82) is 0 Å². The van der Waals surface area contributed by atoms with E-state index >= 15 is 0 Å². The van der Waals surface area contributed by atoms with E-state index in [1.165, 1.54) is 0 Å². The highest BCUT2D eigenvalue weighted by molar-refractivity contribution is 6.30. The molecule has 16 heavy (non-hydrogen) atoms. The number of fused-ring (bicyclic) bond motifs is 1. The lowest BCUT2D eigenvalue weighted by molar-refractivity contribution is 0.469. The van der Waals surface area contributed by atoms with Gasteiger partial charge < -0.3 is 5.32 Å². The van der Waals surface area contributed by atoms with Crippen molar-refractivity contribution < 1.29 is 0 Å². The lowest BCUT2D eigenvalue weighted by Gasteiger charge is -2.11. The first-order valence-electron chi connectivity index (χ1n) is 5.23. The molecule has 1 N–H and O–H groups in total. The molecule has 3 rings (SSSR count). The van der Waals surface area contributed by atoms with Gasteiger partial charge in [0.1, 0.15) is 5.82 Å². The van der Waals surface area contributed by atoms with E-state index in [1.54, 1.807) is 0 Å². The maximum Gasteiger partial charge on any atom is 0.181 e. The Morgan fingerprint density at radius 2 is 2.06 bits per heavy atom. The van der Waals surface area contributed by atoms with Crippen LogP contribution < -0.4 is 5.32 Å². The zero-order valence-electron chi connectivity index (χ0n) is 8.65. The number of halogens is 1. The summed E-state index contributed by atoms with van der Waals surface area (Å²) in [7, 11) is 0. The maximum atomic E-state index is 5.84. The molecule has 1 aliphatic heterocycles. The first-order chi connectivity index (χ1) is 7.83. The van der Waals surface area contributed by atoms with E-state index in [9.17, 15) is 0 Å². The van der Waals surface area contributed by atoms with Crippen LogP contribution in [0.2, 0.25) is 5.02 Å². The predicted octanol–water partition coefficient (Wildman–Crippen LogP) is 1.70. The predicted molar refractivity (Wildman–Crippen MR) is 62.2 cm³/mol. The van der Waals surface area contributed by atoms with E-state index < -0.39 is 0 Å². The molecule has 1 aliphatic rings. The minimum Gasteiger partial charge on any atom is -0.308 e. The van der Waals surface area contributed by atoms with Crippen LogP contribution in [0.15, 0.2) is 24.3 Å². The molecule has 4 nitrogen and oxygen atoms in total. The van der Waals surface area contributed by atoms with Crippen molar-refractivity contribution in [2.75, 3.05) is 6.54 Å². The topological polar surface area (TPSA) is 42.7 Å². The molecular formula is C11H11ClN4. The molecule has 0 radical (unpaired) electrons. The molecule has 0 fully saturated rings.